The normalized spacial score (nSPS) is 21.0. The van der Waals surface area contributed by atoms with Gasteiger partial charge < -0.3 is 9.64 Å². The van der Waals surface area contributed by atoms with Crippen LogP contribution in [0.15, 0.2) is 24.4 Å². The van der Waals surface area contributed by atoms with Crippen LogP contribution in [0.3, 0.4) is 0 Å². The van der Waals surface area contributed by atoms with Crippen LogP contribution in [0.5, 0.6) is 0 Å². The SMILES string of the molecule is CC(C)(C)OC(=O)CN1CCC2(C1)CN(C(=O)Cc1ncc(Cl)s1)c1ccc(Cl)cc12. The molecule has 0 N–H and O–H groups in total. The van der Waals surface area contributed by atoms with E-state index >= 15 is 0 Å². The van der Waals surface area contributed by atoms with Crippen LogP contribution in [0.4, 0.5) is 5.69 Å². The standard InChI is InChI=1S/C22H25Cl2N3O3S/c1-21(2,3)30-20(29)11-26-7-6-22(12-26)13-27(16-5-4-14(23)8-15(16)22)19(28)9-18-25-10-17(24)31-18/h4-5,8,10H,6-7,9,11-13H2,1-3H3. The highest BCUT2D eigenvalue weighted by atomic mass is 35.5. The zero-order chi connectivity index (χ0) is 22.4. The first-order chi connectivity index (χ1) is 14.5. The van der Waals surface area contributed by atoms with Crippen LogP contribution in [0.25, 0.3) is 0 Å². The number of amides is 1. The summed E-state index contributed by atoms with van der Waals surface area (Å²) in [5.74, 6) is -0.250. The maximum atomic E-state index is 13.2. The number of carbonyl (C=O) groups excluding carboxylic acids is 2. The van der Waals surface area contributed by atoms with E-state index in [4.69, 9.17) is 27.9 Å². The Bertz CT molecular complexity index is 1020. The Labute approximate surface area is 196 Å². The number of likely N-dealkylation sites (tertiary alicyclic amines) is 1. The lowest BCUT2D eigenvalue weighted by Gasteiger charge is -2.26. The van der Waals surface area contributed by atoms with E-state index in [2.05, 4.69) is 9.88 Å². The van der Waals surface area contributed by atoms with E-state index in [1.54, 1.807) is 6.20 Å². The molecule has 6 nitrogen and oxygen atoms in total. The molecule has 1 amide bonds. The summed E-state index contributed by atoms with van der Waals surface area (Å²) in [5.41, 5.74) is 1.19. The molecular formula is C22H25Cl2N3O3S. The van der Waals surface area contributed by atoms with Crippen LogP contribution in [0.2, 0.25) is 9.36 Å². The first-order valence-electron chi connectivity index (χ1n) is 10.2. The predicted molar refractivity (Wildman–Crippen MR) is 123 cm³/mol. The van der Waals surface area contributed by atoms with Crippen LogP contribution in [0.1, 0.15) is 37.8 Å². The van der Waals surface area contributed by atoms with Crippen molar-refractivity contribution in [3.63, 3.8) is 0 Å². The number of thiazole rings is 1. The van der Waals surface area contributed by atoms with Gasteiger partial charge in [0.05, 0.1) is 19.2 Å². The van der Waals surface area contributed by atoms with Crippen LogP contribution < -0.4 is 4.90 Å². The quantitative estimate of drug-likeness (QED) is 0.608. The third kappa shape index (κ3) is 4.90. The highest BCUT2D eigenvalue weighted by Crippen LogP contribution is 2.47. The van der Waals surface area contributed by atoms with Crippen molar-refractivity contribution in [1.29, 1.82) is 0 Å². The maximum absolute atomic E-state index is 13.2. The number of fused-ring (bicyclic) bond motifs is 2. The smallest absolute Gasteiger partial charge is 0.320 e. The molecule has 2 aromatic rings. The van der Waals surface area contributed by atoms with Gasteiger partial charge in [-0.2, -0.15) is 0 Å². The van der Waals surface area contributed by atoms with Crippen molar-refractivity contribution in [2.45, 2.75) is 44.6 Å². The summed E-state index contributed by atoms with van der Waals surface area (Å²) in [6.45, 7) is 7.83. The molecule has 0 saturated carbocycles. The van der Waals surface area contributed by atoms with Crippen molar-refractivity contribution < 1.29 is 14.3 Å². The van der Waals surface area contributed by atoms with Gasteiger partial charge in [0.15, 0.2) is 0 Å². The van der Waals surface area contributed by atoms with Crippen molar-refractivity contribution in [2.75, 3.05) is 31.1 Å². The highest BCUT2D eigenvalue weighted by Gasteiger charge is 2.49. The largest absolute Gasteiger partial charge is 0.459 e. The summed E-state index contributed by atoms with van der Waals surface area (Å²) in [6.07, 6.45) is 2.62. The molecule has 4 rings (SSSR count). The average Bonchev–Trinajstić information content (AvgIpc) is 3.33. The second kappa shape index (κ2) is 8.35. The number of benzene rings is 1. The minimum absolute atomic E-state index is 0.0166. The number of nitrogens with zero attached hydrogens (tertiary/aromatic N) is 3. The van der Waals surface area contributed by atoms with Gasteiger partial charge in [0.2, 0.25) is 5.91 Å². The fourth-order valence-electron chi connectivity index (χ4n) is 4.46. The van der Waals surface area contributed by atoms with Gasteiger partial charge in [0.25, 0.3) is 0 Å². The third-order valence-electron chi connectivity index (χ3n) is 5.62. The van der Waals surface area contributed by atoms with Gasteiger partial charge in [-0.1, -0.05) is 23.2 Å². The van der Waals surface area contributed by atoms with Crippen LogP contribution in [0, 0.1) is 0 Å². The summed E-state index contributed by atoms with van der Waals surface area (Å²) < 4.78 is 6.05. The molecule has 1 spiro atoms. The zero-order valence-electron chi connectivity index (χ0n) is 17.8. The maximum Gasteiger partial charge on any atom is 0.320 e. The van der Waals surface area contributed by atoms with E-state index in [9.17, 15) is 9.59 Å². The second-order valence-electron chi connectivity index (χ2n) is 9.20. The molecule has 3 heterocycles. The Hall–Kier alpha value is -1.67. The van der Waals surface area contributed by atoms with Crippen molar-refractivity contribution in [1.82, 2.24) is 9.88 Å². The Morgan fingerprint density at radius 3 is 2.71 bits per heavy atom. The second-order valence-corrected chi connectivity index (χ2v) is 11.4. The fourth-order valence-corrected chi connectivity index (χ4v) is 5.58. The lowest BCUT2D eigenvalue weighted by atomic mass is 9.81. The molecule has 2 aliphatic heterocycles. The minimum atomic E-state index is -0.510. The van der Waals surface area contributed by atoms with Crippen molar-refractivity contribution >= 4 is 52.1 Å². The van der Waals surface area contributed by atoms with E-state index in [1.807, 2.05) is 43.9 Å². The molecule has 0 radical (unpaired) electrons. The van der Waals surface area contributed by atoms with Crippen molar-refractivity contribution in [3.8, 4) is 0 Å². The molecule has 1 unspecified atom stereocenters. The topological polar surface area (TPSA) is 62.7 Å². The predicted octanol–water partition coefficient (Wildman–Crippen LogP) is 4.32. The van der Waals surface area contributed by atoms with Gasteiger partial charge in [-0.05, 0) is 57.5 Å². The molecule has 31 heavy (non-hydrogen) atoms. The van der Waals surface area contributed by atoms with Gasteiger partial charge in [-0.15, -0.1) is 11.3 Å². The number of halogens is 2. The number of hydrogen-bond acceptors (Lipinski definition) is 6. The van der Waals surface area contributed by atoms with E-state index in [0.29, 0.717) is 27.5 Å². The van der Waals surface area contributed by atoms with Gasteiger partial charge in [0, 0.05) is 29.2 Å². The number of esters is 1. The van der Waals surface area contributed by atoms with Crippen molar-refractivity contribution in [3.05, 3.63) is 44.3 Å². The summed E-state index contributed by atoms with van der Waals surface area (Å²) >= 11 is 13.6. The molecule has 0 bridgehead atoms. The molecule has 166 valence electrons. The number of anilines is 1. The number of hydrogen-bond donors (Lipinski definition) is 0. The van der Waals surface area contributed by atoms with Gasteiger partial charge >= 0.3 is 5.97 Å². The molecule has 1 aromatic carbocycles. The number of rotatable bonds is 4. The zero-order valence-corrected chi connectivity index (χ0v) is 20.1. The van der Waals surface area contributed by atoms with E-state index in [1.165, 1.54) is 11.3 Å². The highest BCUT2D eigenvalue weighted by molar-refractivity contribution is 7.15. The minimum Gasteiger partial charge on any atom is -0.459 e. The number of carbonyl (C=O) groups is 2. The first-order valence-corrected chi connectivity index (χ1v) is 11.8. The summed E-state index contributed by atoms with van der Waals surface area (Å²) in [4.78, 5) is 33.6. The van der Waals surface area contributed by atoms with E-state index in [0.717, 1.165) is 24.2 Å². The lowest BCUT2D eigenvalue weighted by Crippen LogP contribution is -2.41. The van der Waals surface area contributed by atoms with Gasteiger partial charge in [-0.25, -0.2) is 4.98 Å². The molecule has 9 heteroatoms. The van der Waals surface area contributed by atoms with Crippen LogP contribution >= 0.6 is 34.5 Å². The number of ether oxygens (including phenoxy) is 1. The Morgan fingerprint density at radius 1 is 1.26 bits per heavy atom. The summed E-state index contributed by atoms with van der Waals surface area (Å²) in [6, 6.07) is 5.68. The fraction of sp³-hybridized carbons (Fsp3) is 0.500. The van der Waals surface area contributed by atoms with Gasteiger partial charge in [-0.3, -0.25) is 14.5 Å². The monoisotopic (exact) mass is 481 g/mol. The molecular weight excluding hydrogens is 457 g/mol. The molecule has 1 saturated heterocycles. The molecule has 1 atom stereocenters. The number of aromatic nitrogens is 1. The van der Waals surface area contributed by atoms with Gasteiger partial charge in [0.1, 0.15) is 14.9 Å². The summed E-state index contributed by atoms with van der Waals surface area (Å²) in [5, 5.41) is 1.34. The van der Waals surface area contributed by atoms with Crippen LogP contribution in [-0.4, -0.2) is 53.5 Å². The van der Waals surface area contributed by atoms with Crippen LogP contribution in [-0.2, 0) is 26.2 Å². The molecule has 1 fully saturated rings. The molecule has 2 aliphatic rings. The lowest BCUT2D eigenvalue weighted by molar-refractivity contribution is -0.155. The molecule has 1 aromatic heterocycles. The first kappa shape index (κ1) is 22.5. The van der Waals surface area contributed by atoms with Crippen molar-refractivity contribution in [2.24, 2.45) is 0 Å². The third-order valence-corrected chi connectivity index (χ3v) is 6.97. The Balaban J connectivity index is 1.53. The summed E-state index contributed by atoms with van der Waals surface area (Å²) in [7, 11) is 0. The molecule has 0 aliphatic carbocycles. The van der Waals surface area contributed by atoms with E-state index in [-0.39, 0.29) is 30.3 Å². The Morgan fingerprint density at radius 2 is 2.03 bits per heavy atom. The van der Waals surface area contributed by atoms with E-state index < -0.39 is 5.60 Å². The Kier molecular flexibility index (Phi) is 6.07. The average molecular weight is 482 g/mol.